The second-order valence-electron chi connectivity index (χ2n) is 5.31. The van der Waals surface area contributed by atoms with Gasteiger partial charge in [-0.2, -0.15) is 0 Å². The first-order chi connectivity index (χ1) is 11.8. The van der Waals surface area contributed by atoms with E-state index in [0.29, 0.717) is 24.6 Å². The molecule has 5 heteroatoms. The monoisotopic (exact) mass is 340 g/mol. The predicted molar refractivity (Wildman–Crippen MR) is 96.6 cm³/mol. The van der Waals surface area contributed by atoms with Gasteiger partial charge in [0.25, 0.3) is 5.91 Å². The van der Waals surface area contributed by atoms with Crippen LogP contribution in [-0.4, -0.2) is 17.1 Å². The molecule has 0 radical (unpaired) electrons. The molecule has 0 bridgehead atoms. The van der Waals surface area contributed by atoms with Crippen LogP contribution >= 0.6 is 11.3 Å². The van der Waals surface area contributed by atoms with Crippen molar-refractivity contribution >= 4 is 17.2 Å². The van der Waals surface area contributed by atoms with Crippen LogP contribution in [0.3, 0.4) is 0 Å². The topological polar surface area (TPSA) is 43.3 Å². The Morgan fingerprint density at radius 3 is 2.62 bits per heavy atom. The van der Waals surface area contributed by atoms with Gasteiger partial charge in [0.1, 0.15) is 4.88 Å². The summed E-state index contributed by atoms with van der Waals surface area (Å²) in [6.45, 7) is 3.71. The number of carbonyl (C=O) groups excluding carboxylic acids is 1. The number of aromatic nitrogens is 1. The standard InChI is InChI=1S/C19H20N2O2S/c1-2-23-14-16-8-4-3-7-15(16)13-20-19(22)18-17(9-12-24-18)21-10-5-6-11-21/h3-12H,2,13-14H2,1H3,(H,20,22). The van der Waals surface area contributed by atoms with Gasteiger partial charge in [-0.1, -0.05) is 24.3 Å². The molecular weight excluding hydrogens is 320 g/mol. The fourth-order valence-corrected chi connectivity index (χ4v) is 3.32. The minimum Gasteiger partial charge on any atom is -0.377 e. The molecule has 24 heavy (non-hydrogen) atoms. The summed E-state index contributed by atoms with van der Waals surface area (Å²) in [5.74, 6) is -0.0556. The molecule has 0 unspecified atom stereocenters. The van der Waals surface area contributed by atoms with Crippen LogP contribution < -0.4 is 5.32 Å². The Labute approximate surface area is 145 Å². The van der Waals surface area contributed by atoms with Crippen molar-refractivity contribution in [2.24, 2.45) is 0 Å². The van der Waals surface area contributed by atoms with Crippen molar-refractivity contribution in [2.75, 3.05) is 6.61 Å². The summed E-state index contributed by atoms with van der Waals surface area (Å²) in [6.07, 6.45) is 3.88. The van der Waals surface area contributed by atoms with Gasteiger partial charge in [0.15, 0.2) is 0 Å². The fraction of sp³-hybridized carbons (Fsp3) is 0.211. The molecule has 0 fully saturated rings. The van der Waals surface area contributed by atoms with Crippen molar-refractivity contribution in [1.82, 2.24) is 9.88 Å². The first kappa shape index (κ1) is 16.5. The Hall–Kier alpha value is -2.37. The molecule has 1 amide bonds. The van der Waals surface area contributed by atoms with Crippen molar-refractivity contribution in [3.8, 4) is 5.69 Å². The van der Waals surface area contributed by atoms with Gasteiger partial charge in [0, 0.05) is 25.5 Å². The van der Waals surface area contributed by atoms with E-state index in [0.717, 1.165) is 16.8 Å². The summed E-state index contributed by atoms with van der Waals surface area (Å²) in [4.78, 5) is 13.3. The predicted octanol–water partition coefficient (Wildman–Crippen LogP) is 4.01. The van der Waals surface area contributed by atoms with E-state index in [-0.39, 0.29) is 5.91 Å². The van der Waals surface area contributed by atoms with Crippen molar-refractivity contribution in [3.63, 3.8) is 0 Å². The van der Waals surface area contributed by atoms with E-state index in [1.54, 1.807) is 0 Å². The molecule has 0 spiro atoms. The lowest BCUT2D eigenvalue weighted by Gasteiger charge is -2.11. The Morgan fingerprint density at radius 1 is 1.12 bits per heavy atom. The number of thiophene rings is 1. The second kappa shape index (κ2) is 7.95. The molecule has 0 saturated heterocycles. The highest BCUT2D eigenvalue weighted by atomic mass is 32.1. The van der Waals surface area contributed by atoms with Gasteiger partial charge < -0.3 is 14.6 Å². The molecular formula is C19H20N2O2S. The second-order valence-corrected chi connectivity index (χ2v) is 6.23. The molecule has 1 aromatic carbocycles. The fourth-order valence-electron chi connectivity index (χ4n) is 2.51. The number of hydrogen-bond donors (Lipinski definition) is 1. The molecule has 2 heterocycles. The molecule has 4 nitrogen and oxygen atoms in total. The van der Waals surface area contributed by atoms with Crippen LogP contribution in [0.5, 0.6) is 0 Å². The first-order valence-corrected chi connectivity index (χ1v) is 8.81. The summed E-state index contributed by atoms with van der Waals surface area (Å²) in [6, 6.07) is 13.9. The number of nitrogens with zero attached hydrogens (tertiary/aromatic N) is 1. The number of ether oxygens (including phenoxy) is 1. The molecule has 124 valence electrons. The highest BCUT2D eigenvalue weighted by Crippen LogP contribution is 2.21. The lowest BCUT2D eigenvalue weighted by molar-refractivity contribution is 0.0954. The third-order valence-electron chi connectivity index (χ3n) is 3.75. The Morgan fingerprint density at radius 2 is 1.88 bits per heavy atom. The highest BCUT2D eigenvalue weighted by Gasteiger charge is 2.14. The van der Waals surface area contributed by atoms with E-state index in [1.165, 1.54) is 11.3 Å². The summed E-state index contributed by atoms with van der Waals surface area (Å²) in [7, 11) is 0. The minimum atomic E-state index is -0.0556. The average Bonchev–Trinajstić information content (AvgIpc) is 3.29. The number of carbonyl (C=O) groups is 1. The molecule has 0 atom stereocenters. The highest BCUT2D eigenvalue weighted by molar-refractivity contribution is 7.12. The molecule has 3 rings (SSSR count). The lowest BCUT2D eigenvalue weighted by Crippen LogP contribution is -2.23. The average molecular weight is 340 g/mol. The Bertz CT molecular complexity index is 793. The normalized spacial score (nSPS) is 10.7. The zero-order valence-corrected chi connectivity index (χ0v) is 14.4. The summed E-state index contributed by atoms with van der Waals surface area (Å²) in [5.41, 5.74) is 3.10. The molecule has 2 aromatic heterocycles. The largest absolute Gasteiger partial charge is 0.377 e. The molecule has 0 aliphatic carbocycles. The van der Waals surface area contributed by atoms with Crippen LogP contribution in [0.1, 0.15) is 27.7 Å². The van der Waals surface area contributed by atoms with E-state index >= 15 is 0 Å². The van der Waals surface area contributed by atoms with Gasteiger partial charge in [0.2, 0.25) is 0 Å². The van der Waals surface area contributed by atoms with E-state index in [2.05, 4.69) is 5.32 Å². The van der Waals surface area contributed by atoms with E-state index in [1.807, 2.05) is 71.7 Å². The van der Waals surface area contributed by atoms with Gasteiger partial charge in [-0.25, -0.2) is 0 Å². The zero-order chi connectivity index (χ0) is 16.8. The molecule has 0 aliphatic rings. The van der Waals surface area contributed by atoms with Crippen LogP contribution in [0.25, 0.3) is 5.69 Å². The molecule has 3 aromatic rings. The van der Waals surface area contributed by atoms with Gasteiger partial charge >= 0.3 is 0 Å². The third kappa shape index (κ3) is 3.75. The summed E-state index contributed by atoms with van der Waals surface area (Å²) in [5, 5.41) is 4.96. The van der Waals surface area contributed by atoms with Gasteiger partial charge in [0.05, 0.1) is 12.3 Å². The number of rotatable bonds is 7. The molecule has 0 aliphatic heterocycles. The Kier molecular flexibility index (Phi) is 5.46. The smallest absolute Gasteiger partial charge is 0.263 e. The SMILES string of the molecule is CCOCc1ccccc1CNC(=O)c1sccc1-n1cccc1. The van der Waals surface area contributed by atoms with E-state index in [4.69, 9.17) is 4.74 Å². The molecule has 1 N–H and O–H groups in total. The maximum atomic E-state index is 12.6. The van der Waals surface area contributed by atoms with Gasteiger partial charge in [-0.15, -0.1) is 11.3 Å². The number of amides is 1. The van der Waals surface area contributed by atoms with Crippen molar-refractivity contribution in [1.29, 1.82) is 0 Å². The maximum absolute atomic E-state index is 12.6. The summed E-state index contributed by atoms with van der Waals surface area (Å²) >= 11 is 1.45. The maximum Gasteiger partial charge on any atom is 0.263 e. The minimum absolute atomic E-state index is 0.0556. The van der Waals surface area contributed by atoms with Crippen LogP contribution in [0.4, 0.5) is 0 Å². The van der Waals surface area contributed by atoms with Crippen LogP contribution in [0.15, 0.2) is 60.2 Å². The first-order valence-electron chi connectivity index (χ1n) is 7.93. The van der Waals surface area contributed by atoms with E-state index in [9.17, 15) is 4.79 Å². The Balaban J connectivity index is 1.70. The van der Waals surface area contributed by atoms with E-state index < -0.39 is 0 Å². The van der Waals surface area contributed by atoms with Crippen molar-refractivity contribution in [2.45, 2.75) is 20.1 Å². The quantitative estimate of drug-likeness (QED) is 0.706. The van der Waals surface area contributed by atoms with Crippen molar-refractivity contribution < 1.29 is 9.53 Å². The summed E-state index contributed by atoms with van der Waals surface area (Å²) < 4.78 is 7.45. The van der Waals surface area contributed by atoms with Gasteiger partial charge in [-0.05, 0) is 41.6 Å². The number of nitrogens with one attached hydrogen (secondary N) is 1. The van der Waals surface area contributed by atoms with Crippen molar-refractivity contribution in [3.05, 3.63) is 76.2 Å². The van der Waals surface area contributed by atoms with Crippen LogP contribution in [-0.2, 0) is 17.9 Å². The third-order valence-corrected chi connectivity index (χ3v) is 4.66. The van der Waals surface area contributed by atoms with Crippen LogP contribution in [0.2, 0.25) is 0 Å². The number of hydrogen-bond acceptors (Lipinski definition) is 3. The van der Waals surface area contributed by atoms with Crippen LogP contribution in [0, 0.1) is 0 Å². The van der Waals surface area contributed by atoms with Gasteiger partial charge in [-0.3, -0.25) is 4.79 Å². The zero-order valence-electron chi connectivity index (χ0n) is 13.6. The number of benzene rings is 1. The lowest BCUT2D eigenvalue weighted by atomic mass is 10.1. The molecule has 0 saturated carbocycles.